The summed E-state index contributed by atoms with van der Waals surface area (Å²) in [5, 5.41) is 13.9. The Hall–Kier alpha value is -1.58. The number of fused-ring (bicyclic) bond motifs is 7. The minimum Gasteiger partial charge on any atom is -0.460 e. The minimum atomic E-state index is -1.09. The van der Waals surface area contributed by atoms with Crippen molar-refractivity contribution >= 4 is 29.5 Å². The van der Waals surface area contributed by atoms with Crippen molar-refractivity contribution < 1.29 is 19.0 Å². The molecule has 0 radical (unpaired) electrons. The van der Waals surface area contributed by atoms with Crippen molar-refractivity contribution in [1.29, 1.82) is 0 Å². The fourth-order valence-corrected chi connectivity index (χ4v) is 17.7. The number of allylic oxidation sites excluding steroid dienone is 5. The highest BCUT2D eigenvalue weighted by Gasteiger charge is 2.70. The molecule has 0 aromatic heterocycles. The molecule has 2 N–H and O–H groups in total. The van der Waals surface area contributed by atoms with Crippen molar-refractivity contribution in [2.45, 2.75) is 137 Å². The quantitative estimate of drug-likeness (QED) is 0.116. The van der Waals surface area contributed by atoms with Crippen molar-refractivity contribution in [3.63, 3.8) is 0 Å². The smallest absolute Gasteiger partial charge is 0.315 e. The highest BCUT2D eigenvalue weighted by Crippen LogP contribution is 2.76. The number of carbonyl (C=O) groups is 1. The Morgan fingerprint density at radius 3 is 2.50 bits per heavy atom. The maximum atomic E-state index is 14.8. The van der Waals surface area contributed by atoms with Gasteiger partial charge < -0.3 is 15.2 Å². The molecule has 0 amide bonds. The van der Waals surface area contributed by atoms with Gasteiger partial charge in [-0.15, -0.1) is 11.8 Å². The van der Waals surface area contributed by atoms with Gasteiger partial charge in [0.1, 0.15) is 13.3 Å². The Balaban J connectivity index is 0.991. The number of halogens is 1. The van der Waals surface area contributed by atoms with Crippen LogP contribution in [0.5, 0.6) is 0 Å². The van der Waals surface area contributed by atoms with Crippen LogP contribution in [-0.2, 0) is 16.1 Å². The third-order valence-corrected chi connectivity index (χ3v) is 21.0. The summed E-state index contributed by atoms with van der Waals surface area (Å²) in [5.74, 6) is 6.45. The van der Waals surface area contributed by atoms with E-state index in [1.807, 2.05) is 30.3 Å². The Morgan fingerprint density at radius 2 is 1.78 bits per heavy atom. The third-order valence-electron chi connectivity index (χ3n) is 19.1. The van der Waals surface area contributed by atoms with Gasteiger partial charge in [-0.1, -0.05) is 89.3 Å². The van der Waals surface area contributed by atoms with E-state index in [9.17, 15) is 14.3 Å². The molecule has 1 saturated heterocycles. The molecule has 1 heterocycles. The molecule has 7 aliphatic rings. The zero-order valence-corrected chi connectivity index (χ0v) is 39.6. The van der Waals surface area contributed by atoms with E-state index >= 15 is 0 Å². The lowest BCUT2D eigenvalue weighted by Crippen LogP contribution is -2.68. The molecule has 4 saturated carbocycles. The highest BCUT2D eigenvalue weighted by molar-refractivity contribution is 8.00. The molecule has 1 aromatic rings. The van der Waals surface area contributed by atoms with Crippen molar-refractivity contribution in [3.05, 3.63) is 71.3 Å². The summed E-state index contributed by atoms with van der Waals surface area (Å²) in [6.45, 7) is 23.0. The van der Waals surface area contributed by atoms with Gasteiger partial charge in [-0.25, -0.2) is 4.39 Å². The van der Waals surface area contributed by atoms with Gasteiger partial charge in [-0.3, -0.25) is 9.69 Å². The van der Waals surface area contributed by atoms with Crippen LogP contribution in [0.15, 0.2) is 65.8 Å². The largest absolute Gasteiger partial charge is 0.460 e. The van der Waals surface area contributed by atoms with Gasteiger partial charge in [0, 0.05) is 48.5 Å². The number of benzene rings is 1. The number of rotatable bonds is 13. The Kier molecular flexibility index (Phi) is 13.1. The number of nitrogens with zero attached hydrogens (tertiary/aromatic N) is 1. The Labute approximate surface area is 371 Å². The first kappa shape index (κ1) is 45.0. The fourth-order valence-electron chi connectivity index (χ4n) is 15.8. The van der Waals surface area contributed by atoms with Gasteiger partial charge >= 0.3 is 5.97 Å². The van der Waals surface area contributed by atoms with Crippen LogP contribution >= 0.6 is 23.5 Å². The van der Waals surface area contributed by atoms with E-state index in [0.717, 1.165) is 43.8 Å². The average Bonchev–Trinajstić information content (AvgIpc) is 3.63. The molecule has 8 rings (SSSR count). The highest BCUT2D eigenvalue weighted by atomic mass is 32.2. The number of esters is 1. The van der Waals surface area contributed by atoms with E-state index in [-0.39, 0.29) is 34.3 Å². The monoisotopic (exact) mass is 861 g/mol. The number of hydrogen-bond acceptors (Lipinski definition) is 7. The van der Waals surface area contributed by atoms with Crippen molar-refractivity contribution in [2.24, 2.45) is 56.7 Å². The topological polar surface area (TPSA) is 61.8 Å². The average molecular weight is 861 g/mol. The fraction of sp³-hybridized carbons (Fsp3) is 0.750. The maximum Gasteiger partial charge on any atom is 0.315 e. The van der Waals surface area contributed by atoms with Gasteiger partial charge in [0.25, 0.3) is 0 Å². The first-order valence-corrected chi connectivity index (χ1v) is 26.1. The summed E-state index contributed by atoms with van der Waals surface area (Å²) in [5.41, 5.74) is 5.06. The van der Waals surface area contributed by atoms with Gasteiger partial charge in [0.15, 0.2) is 0 Å². The number of aliphatic hydroxyl groups is 1. The molecule has 1 aliphatic heterocycles. The van der Waals surface area contributed by atoms with Gasteiger partial charge in [0.2, 0.25) is 0 Å². The lowest BCUT2D eigenvalue weighted by Gasteiger charge is -2.72. The molecule has 1 unspecified atom stereocenters. The second kappa shape index (κ2) is 17.4. The van der Waals surface area contributed by atoms with E-state index in [4.69, 9.17) is 4.74 Å². The van der Waals surface area contributed by atoms with Gasteiger partial charge in [-0.05, 0) is 152 Å². The van der Waals surface area contributed by atoms with Crippen LogP contribution in [0.1, 0.15) is 124 Å². The zero-order chi connectivity index (χ0) is 42.6. The molecular weight excluding hydrogens is 784 g/mol. The van der Waals surface area contributed by atoms with E-state index in [1.165, 1.54) is 79.6 Å². The number of thioether (sulfide) groups is 2. The van der Waals surface area contributed by atoms with Crippen molar-refractivity contribution in [1.82, 2.24) is 10.2 Å². The second-order valence-electron chi connectivity index (χ2n) is 22.0. The molecule has 0 bridgehead atoms. The standard InChI is InChI=1S/C52H77FN2O3S2/c1-36(2)40-17-24-52(54-27-28-55-29-30-59-32-39(55)33-60-35-56)26-25-49(6)42(45(40)52)13-14-44-48(5)20-18-41(47(3,4)43(48)19-21-50(44,49)7)38-15-22-51(34-53,23-16-38)46(57)58-31-37-11-9-8-10-12-37/h8-12,15,18,39-40,42-45,54,56H,1,13-14,16-17,19-35H2,2-7H3/t39?,40-,42+,43-,44+,45+,48-,49+,50+,51+,52-/m0/s1. The Morgan fingerprint density at radius 1 is 0.983 bits per heavy atom. The van der Waals surface area contributed by atoms with Crippen LogP contribution in [0.25, 0.3) is 0 Å². The first-order valence-electron chi connectivity index (χ1n) is 23.8. The van der Waals surface area contributed by atoms with E-state index < -0.39 is 18.1 Å². The van der Waals surface area contributed by atoms with E-state index in [1.54, 1.807) is 11.8 Å². The van der Waals surface area contributed by atoms with Crippen LogP contribution in [0, 0.1) is 56.7 Å². The first-order chi connectivity index (χ1) is 28.7. The van der Waals surface area contributed by atoms with E-state index in [2.05, 4.69) is 82.3 Å². The molecule has 5 fully saturated rings. The van der Waals surface area contributed by atoms with Crippen molar-refractivity contribution in [2.75, 3.05) is 49.5 Å². The van der Waals surface area contributed by atoms with Crippen molar-refractivity contribution in [3.8, 4) is 0 Å². The SMILES string of the molecule is C=C(C)[C@@H]1CC[C@]2(NCCN3CCSCC3CSCO)CC[C@]3(C)[C@H](CC[C@@H]4[C@@]5(C)CC=C(C6=CC[C@@](CF)(C(=O)OCc7ccccc7)CC6)C(C)(C)[C@@H]5CC[C@]43C)[C@@H]12. The van der Waals surface area contributed by atoms with E-state index in [0.29, 0.717) is 53.9 Å². The van der Waals surface area contributed by atoms with Gasteiger partial charge in [-0.2, -0.15) is 11.8 Å². The lowest BCUT2D eigenvalue weighted by molar-refractivity contribution is -0.221. The summed E-state index contributed by atoms with van der Waals surface area (Å²) in [4.78, 5) is 16.1. The predicted molar refractivity (Wildman–Crippen MR) is 250 cm³/mol. The molecule has 5 nitrogen and oxygen atoms in total. The number of ether oxygens (including phenoxy) is 1. The third kappa shape index (κ3) is 7.56. The van der Waals surface area contributed by atoms with Gasteiger partial charge in [0.05, 0.1) is 11.4 Å². The van der Waals surface area contributed by atoms with Crippen LogP contribution in [0.3, 0.4) is 0 Å². The van der Waals surface area contributed by atoms with Crippen LogP contribution in [0.2, 0.25) is 0 Å². The lowest BCUT2D eigenvalue weighted by atomic mass is 9.33. The minimum absolute atomic E-state index is 0.00637. The van der Waals surface area contributed by atoms with Crippen LogP contribution in [-0.4, -0.2) is 77.1 Å². The normalized spacial score (nSPS) is 41.2. The summed E-state index contributed by atoms with van der Waals surface area (Å²) < 4.78 is 20.5. The number of hydrogen-bond donors (Lipinski definition) is 2. The summed E-state index contributed by atoms with van der Waals surface area (Å²) in [6.07, 6.45) is 17.9. The molecule has 60 heavy (non-hydrogen) atoms. The number of nitrogens with one attached hydrogen (secondary N) is 1. The molecule has 1 aromatic carbocycles. The zero-order valence-electron chi connectivity index (χ0n) is 38.0. The summed E-state index contributed by atoms with van der Waals surface area (Å²) >= 11 is 3.75. The number of aliphatic hydroxyl groups excluding tert-OH is 1. The molecule has 332 valence electrons. The predicted octanol–water partition coefficient (Wildman–Crippen LogP) is 11.4. The second-order valence-corrected chi connectivity index (χ2v) is 24.1. The molecule has 0 spiro atoms. The maximum absolute atomic E-state index is 14.8. The summed E-state index contributed by atoms with van der Waals surface area (Å²) in [6, 6.07) is 10.3. The molecule has 8 heteroatoms. The summed E-state index contributed by atoms with van der Waals surface area (Å²) in [7, 11) is 0. The molecule has 6 aliphatic carbocycles. The number of carbonyl (C=O) groups excluding carboxylic acids is 1. The number of alkyl halides is 1. The Bertz CT molecular complexity index is 1800. The van der Waals surface area contributed by atoms with Crippen LogP contribution < -0.4 is 5.32 Å². The molecule has 11 atom stereocenters. The molecular formula is C52H77FN2O3S2. The van der Waals surface area contributed by atoms with Crippen LogP contribution in [0.4, 0.5) is 4.39 Å².